The maximum absolute atomic E-state index is 13.9. The number of benzene rings is 1. The van der Waals surface area contributed by atoms with E-state index in [9.17, 15) is 4.39 Å². The van der Waals surface area contributed by atoms with E-state index in [4.69, 9.17) is 38.4 Å². The van der Waals surface area contributed by atoms with E-state index in [-0.39, 0.29) is 10.8 Å². The van der Waals surface area contributed by atoms with Crippen molar-refractivity contribution in [2.24, 2.45) is 11.8 Å². The first-order valence-corrected chi connectivity index (χ1v) is 11.8. The van der Waals surface area contributed by atoms with Crippen LogP contribution < -0.4 is 10.5 Å². The van der Waals surface area contributed by atoms with Gasteiger partial charge in [0.25, 0.3) is 0 Å². The third-order valence-electron chi connectivity index (χ3n) is 6.70. The summed E-state index contributed by atoms with van der Waals surface area (Å²) in [5.41, 5.74) is 8.15. The van der Waals surface area contributed by atoms with Gasteiger partial charge in [0, 0.05) is 40.7 Å². The second kappa shape index (κ2) is 9.12. The molecule has 0 amide bonds. The van der Waals surface area contributed by atoms with Gasteiger partial charge in [-0.15, -0.1) is 0 Å². The third-order valence-corrected chi connectivity index (χ3v) is 7.41. The van der Waals surface area contributed by atoms with E-state index >= 15 is 0 Å². The van der Waals surface area contributed by atoms with Gasteiger partial charge in [-0.3, -0.25) is 4.68 Å². The average Bonchev–Trinajstić information content (AvgIpc) is 3.27. The number of aromatic nitrogens is 3. The number of fused-ring (bicyclic) bond motifs is 3. The Hall–Kier alpha value is -2.35. The van der Waals surface area contributed by atoms with Crippen molar-refractivity contribution >= 4 is 29.0 Å². The molecule has 1 aliphatic carbocycles. The number of hydrogen-bond donors (Lipinski definition) is 1. The molecule has 33 heavy (non-hydrogen) atoms. The molecule has 6 rings (SSSR count). The van der Waals surface area contributed by atoms with Gasteiger partial charge in [0.2, 0.25) is 0 Å². The van der Waals surface area contributed by atoms with E-state index in [1.807, 2.05) is 17.1 Å². The van der Waals surface area contributed by atoms with Crippen molar-refractivity contribution in [1.29, 1.82) is 0 Å². The van der Waals surface area contributed by atoms with E-state index in [2.05, 4.69) is 10.1 Å². The summed E-state index contributed by atoms with van der Waals surface area (Å²) < 4.78 is 27.8. The molecule has 4 unspecified atom stereocenters. The van der Waals surface area contributed by atoms with E-state index < -0.39 is 11.9 Å². The lowest BCUT2D eigenvalue weighted by Crippen LogP contribution is -2.41. The van der Waals surface area contributed by atoms with Crippen LogP contribution in [0.5, 0.6) is 5.75 Å². The van der Waals surface area contributed by atoms with Gasteiger partial charge in [0.05, 0.1) is 23.9 Å². The van der Waals surface area contributed by atoms with Gasteiger partial charge < -0.3 is 15.2 Å². The zero-order valence-corrected chi connectivity index (χ0v) is 19.7. The molecule has 0 spiro atoms. The maximum Gasteiger partial charge on any atom is 0.166 e. The fourth-order valence-electron chi connectivity index (χ4n) is 4.86. The summed E-state index contributed by atoms with van der Waals surface area (Å²) in [5, 5.41) is 4.81. The molecule has 1 aromatic carbocycles. The van der Waals surface area contributed by atoms with Crippen LogP contribution in [0.2, 0.25) is 10.0 Å². The molecule has 2 saturated heterocycles. The molecule has 174 valence electrons. The fourth-order valence-corrected chi connectivity index (χ4v) is 5.54. The maximum atomic E-state index is 13.9. The number of rotatable bonds is 6. The minimum absolute atomic E-state index is 0.0687. The van der Waals surface area contributed by atoms with Crippen LogP contribution in [-0.4, -0.2) is 27.5 Å². The van der Waals surface area contributed by atoms with Crippen LogP contribution in [0, 0.1) is 17.7 Å². The summed E-state index contributed by atoms with van der Waals surface area (Å²) in [6.45, 7) is 3.48. The predicted octanol–water partition coefficient (Wildman–Crippen LogP) is 5.93. The Balaban J connectivity index is 1.34. The first-order chi connectivity index (χ1) is 15.9. The molecular weight excluding hydrogens is 466 g/mol. The Labute approximate surface area is 201 Å². The van der Waals surface area contributed by atoms with Gasteiger partial charge in [-0.25, -0.2) is 9.37 Å². The van der Waals surface area contributed by atoms with E-state index in [1.54, 1.807) is 19.2 Å². The van der Waals surface area contributed by atoms with Crippen molar-refractivity contribution in [1.82, 2.24) is 14.8 Å². The van der Waals surface area contributed by atoms with Gasteiger partial charge in [-0.05, 0) is 56.2 Å². The first-order valence-electron chi connectivity index (χ1n) is 11.1. The van der Waals surface area contributed by atoms with E-state index in [0.717, 1.165) is 30.7 Å². The number of hydrogen-bond acceptors (Lipinski definition) is 5. The first kappa shape index (κ1) is 22.4. The summed E-state index contributed by atoms with van der Waals surface area (Å²) in [5.74, 6) is 1.24. The minimum Gasteiger partial charge on any atom is -0.482 e. The lowest BCUT2D eigenvalue weighted by molar-refractivity contribution is -0.0966. The highest BCUT2D eigenvalue weighted by Gasteiger charge is 2.36. The molecule has 6 nitrogen and oxygen atoms in total. The van der Waals surface area contributed by atoms with E-state index in [1.165, 1.54) is 25.0 Å². The Morgan fingerprint density at radius 3 is 2.85 bits per heavy atom. The SMILES string of the molecule is CC(Oc1cc(-c2cnn(CC3CC4CCC3CO4)c2)cnc1N)c1c(Cl)ccc(F)c1Cl. The zero-order valence-electron chi connectivity index (χ0n) is 18.2. The molecule has 3 aliphatic rings. The molecule has 4 atom stereocenters. The summed E-state index contributed by atoms with van der Waals surface area (Å²) in [7, 11) is 0. The Morgan fingerprint density at radius 1 is 1.27 bits per heavy atom. The third kappa shape index (κ3) is 4.54. The second-order valence-electron chi connectivity index (χ2n) is 8.86. The molecule has 9 heteroatoms. The Bertz CT molecular complexity index is 1160. The molecule has 4 heterocycles. The van der Waals surface area contributed by atoms with Gasteiger partial charge in [0.15, 0.2) is 11.6 Å². The highest BCUT2D eigenvalue weighted by molar-refractivity contribution is 6.36. The summed E-state index contributed by atoms with van der Waals surface area (Å²) in [6, 6.07) is 4.48. The fraction of sp³-hybridized carbons (Fsp3) is 0.417. The molecule has 2 bridgehead atoms. The van der Waals surface area contributed by atoms with Crippen molar-refractivity contribution in [3.63, 3.8) is 0 Å². The Kier molecular flexibility index (Phi) is 6.20. The molecular formula is C24H25Cl2FN4O2. The molecule has 2 aliphatic heterocycles. The Morgan fingerprint density at radius 2 is 2.12 bits per heavy atom. The molecule has 1 saturated carbocycles. The van der Waals surface area contributed by atoms with Gasteiger partial charge in [-0.2, -0.15) is 5.10 Å². The number of anilines is 1. The molecule has 0 radical (unpaired) electrons. The summed E-state index contributed by atoms with van der Waals surface area (Å²) in [4.78, 5) is 4.28. The van der Waals surface area contributed by atoms with Crippen molar-refractivity contribution < 1.29 is 13.9 Å². The number of ether oxygens (including phenoxy) is 2. The monoisotopic (exact) mass is 490 g/mol. The van der Waals surface area contributed by atoms with Crippen molar-refractivity contribution in [3.05, 3.63) is 58.2 Å². The van der Waals surface area contributed by atoms with Crippen molar-refractivity contribution in [2.45, 2.75) is 44.9 Å². The van der Waals surface area contributed by atoms with Gasteiger partial charge in [-0.1, -0.05) is 23.2 Å². The van der Waals surface area contributed by atoms with Crippen molar-refractivity contribution in [2.75, 3.05) is 12.3 Å². The molecule has 3 fully saturated rings. The summed E-state index contributed by atoms with van der Waals surface area (Å²) in [6.07, 6.45) is 8.81. The quantitative estimate of drug-likeness (QED) is 0.433. The van der Waals surface area contributed by atoms with Crippen LogP contribution in [0.15, 0.2) is 36.8 Å². The number of nitrogens with two attached hydrogens (primary N) is 1. The number of nitrogen functional groups attached to an aromatic ring is 1. The number of pyridine rings is 1. The lowest BCUT2D eigenvalue weighted by Gasteiger charge is -2.42. The van der Waals surface area contributed by atoms with Gasteiger partial charge in [0.1, 0.15) is 11.9 Å². The van der Waals surface area contributed by atoms with Crippen LogP contribution in [0.25, 0.3) is 11.1 Å². The highest BCUT2D eigenvalue weighted by Crippen LogP contribution is 2.39. The highest BCUT2D eigenvalue weighted by atomic mass is 35.5. The molecule has 2 aromatic heterocycles. The minimum atomic E-state index is -0.633. The number of halogens is 3. The standard InChI is InChI=1S/C24H25Cl2FN4O2/c1-13(22-19(25)4-5-20(27)23(22)26)33-21-7-15(8-29-24(21)28)17-9-30-31(11-17)10-16-6-18-3-2-14(16)12-32-18/h4-5,7-9,11,13-14,16,18H,2-3,6,10,12H2,1H3,(H2,28,29). The second-order valence-corrected chi connectivity index (χ2v) is 9.65. The summed E-state index contributed by atoms with van der Waals surface area (Å²) >= 11 is 12.4. The largest absolute Gasteiger partial charge is 0.482 e. The topological polar surface area (TPSA) is 75.2 Å². The van der Waals surface area contributed by atoms with E-state index in [0.29, 0.717) is 34.3 Å². The van der Waals surface area contributed by atoms with Crippen LogP contribution in [-0.2, 0) is 11.3 Å². The smallest absolute Gasteiger partial charge is 0.166 e. The number of nitrogens with zero attached hydrogens (tertiary/aromatic N) is 3. The van der Waals surface area contributed by atoms with Gasteiger partial charge >= 0.3 is 0 Å². The van der Waals surface area contributed by atoms with Crippen LogP contribution in [0.3, 0.4) is 0 Å². The molecule has 3 aromatic rings. The zero-order chi connectivity index (χ0) is 23.1. The van der Waals surface area contributed by atoms with Crippen molar-refractivity contribution in [3.8, 4) is 16.9 Å². The normalized spacial score (nSPS) is 23.0. The van der Waals surface area contributed by atoms with Crippen LogP contribution in [0.1, 0.15) is 37.9 Å². The lowest BCUT2D eigenvalue weighted by atomic mass is 9.76. The molecule has 2 N–H and O–H groups in total. The average molecular weight is 491 g/mol. The predicted molar refractivity (Wildman–Crippen MR) is 126 cm³/mol. The van der Waals surface area contributed by atoms with Crippen LogP contribution >= 0.6 is 23.2 Å². The van der Waals surface area contributed by atoms with Crippen LogP contribution in [0.4, 0.5) is 10.2 Å².